The zero-order valence-electron chi connectivity index (χ0n) is 17.5. The van der Waals surface area contributed by atoms with Crippen LogP contribution in [0.5, 0.6) is 0 Å². The van der Waals surface area contributed by atoms with Gasteiger partial charge >= 0.3 is 0 Å². The Labute approximate surface area is 173 Å². The molecule has 4 rings (SSSR count). The van der Waals surface area contributed by atoms with E-state index in [9.17, 15) is 14.3 Å². The number of nitrogens with zero attached hydrogens (tertiary/aromatic N) is 2. The highest BCUT2D eigenvalue weighted by Crippen LogP contribution is 2.52. The van der Waals surface area contributed by atoms with Gasteiger partial charge in [-0.1, -0.05) is 19.9 Å². The van der Waals surface area contributed by atoms with Crippen LogP contribution < -0.4 is 5.32 Å². The first-order valence-corrected chi connectivity index (χ1v) is 9.95. The summed E-state index contributed by atoms with van der Waals surface area (Å²) in [6, 6.07) is 8.82. The molecule has 0 radical (unpaired) electrons. The van der Waals surface area contributed by atoms with E-state index in [1.165, 1.54) is 28.8 Å². The second kappa shape index (κ2) is 6.87. The first-order valence-electron chi connectivity index (χ1n) is 9.95. The van der Waals surface area contributed by atoms with Gasteiger partial charge in [-0.3, -0.25) is 14.7 Å². The number of benzene rings is 2. The molecule has 2 aromatic carbocycles. The Morgan fingerprint density at radius 1 is 1.23 bits per heavy atom. The minimum atomic E-state index is -1.09. The monoisotopic (exact) mass is 413 g/mol. The van der Waals surface area contributed by atoms with E-state index in [0.29, 0.717) is 16.8 Å². The topological polar surface area (TPSA) is 67.2 Å². The van der Waals surface area contributed by atoms with Gasteiger partial charge in [0.25, 0.3) is 0 Å². The fourth-order valence-corrected chi connectivity index (χ4v) is 3.81. The lowest BCUT2D eigenvalue weighted by molar-refractivity contribution is -0.118. The van der Waals surface area contributed by atoms with Gasteiger partial charge in [0, 0.05) is 18.0 Å². The third-order valence-corrected chi connectivity index (χ3v) is 5.61. The number of rotatable bonds is 5. The molecular weight excluding hydrogens is 388 g/mol. The van der Waals surface area contributed by atoms with Gasteiger partial charge in [0.15, 0.2) is 5.82 Å². The highest BCUT2D eigenvalue weighted by atomic mass is 19.1. The maximum atomic E-state index is 15.5. The molecule has 7 heteroatoms. The molecule has 0 aliphatic heterocycles. The lowest BCUT2D eigenvalue weighted by Gasteiger charge is -2.18. The summed E-state index contributed by atoms with van der Waals surface area (Å²) in [6.45, 7) is 7.25. The number of hydrogen-bond acceptors (Lipinski definition) is 3. The fraction of sp³-hybridized carbons (Fsp3) is 0.391. The molecule has 1 heterocycles. The van der Waals surface area contributed by atoms with Crippen molar-refractivity contribution in [3.63, 3.8) is 0 Å². The Morgan fingerprint density at radius 2 is 1.87 bits per heavy atom. The largest absolute Gasteiger partial charge is 0.390 e. The molecule has 1 fully saturated rings. The number of amides is 1. The van der Waals surface area contributed by atoms with Gasteiger partial charge < -0.3 is 5.11 Å². The summed E-state index contributed by atoms with van der Waals surface area (Å²) in [5.41, 5.74) is 0.185. The van der Waals surface area contributed by atoms with Gasteiger partial charge in [0.1, 0.15) is 11.3 Å². The minimum absolute atomic E-state index is 0.0675. The number of hydrogen-bond donors (Lipinski definition) is 2. The molecule has 1 aliphatic rings. The second-order valence-electron chi connectivity index (χ2n) is 9.38. The van der Waals surface area contributed by atoms with Gasteiger partial charge in [0.05, 0.1) is 11.1 Å². The molecule has 1 aliphatic carbocycles. The molecule has 0 unspecified atom stereocenters. The summed E-state index contributed by atoms with van der Waals surface area (Å²) < 4.78 is 30.5. The third kappa shape index (κ3) is 3.81. The van der Waals surface area contributed by atoms with E-state index in [1.807, 2.05) is 13.8 Å². The van der Waals surface area contributed by atoms with Crippen molar-refractivity contribution in [2.75, 3.05) is 5.32 Å². The summed E-state index contributed by atoms with van der Waals surface area (Å²) in [7, 11) is 0. The van der Waals surface area contributed by atoms with E-state index in [2.05, 4.69) is 10.3 Å². The van der Waals surface area contributed by atoms with Crippen molar-refractivity contribution in [3.8, 4) is 5.69 Å². The number of carbonyl (C=O) groups is 1. The fourth-order valence-electron chi connectivity index (χ4n) is 3.81. The van der Waals surface area contributed by atoms with E-state index in [-0.39, 0.29) is 35.1 Å². The van der Waals surface area contributed by atoms with Crippen LogP contribution in [0, 0.1) is 23.0 Å². The number of aromatic nitrogens is 2. The van der Waals surface area contributed by atoms with Crippen molar-refractivity contribution in [2.24, 2.45) is 11.3 Å². The van der Waals surface area contributed by atoms with E-state index >= 15 is 4.39 Å². The number of carbonyl (C=O) groups excluding carboxylic acids is 1. The first-order chi connectivity index (χ1) is 14.0. The Kier molecular flexibility index (Phi) is 4.69. The number of fused-ring (bicyclic) bond motifs is 1. The zero-order chi connectivity index (χ0) is 21.8. The van der Waals surface area contributed by atoms with Crippen molar-refractivity contribution in [3.05, 3.63) is 53.6 Å². The second-order valence-corrected chi connectivity index (χ2v) is 9.38. The number of imidazole rings is 1. The normalized spacial score (nSPS) is 17.9. The van der Waals surface area contributed by atoms with Crippen LogP contribution in [0.2, 0.25) is 0 Å². The molecule has 0 spiro atoms. The summed E-state index contributed by atoms with van der Waals surface area (Å²) >= 11 is 0. The molecule has 1 atom stereocenters. The van der Waals surface area contributed by atoms with Crippen LogP contribution in [0.25, 0.3) is 16.7 Å². The number of anilines is 1. The lowest BCUT2D eigenvalue weighted by Crippen LogP contribution is -2.22. The van der Waals surface area contributed by atoms with Gasteiger partial charge in [-0.25, -0.2) is 13.8 Å². The van der Waals surface area contributed by atoms with E-state index in [1.54, 1.807) is 26.0 Å². The zero-order valence-corrected chi connectivity index (χ0v) is 17.5. The maximum absolute atomic E-state index is 15.5. The van der Waals surface area contributed by atoms with Crippen molar-refractivity contribution in [1.82, 2.24) is 9.55 Å². The molecule has 158 valence electrons. The van der Waals surface area contributed by atoms with Crippen LogP contribution in [0.15, 0.2) is 36.4 Å². The Hall–Kier alpha value is -2.80. The summed E-state index contributed by atoms with van der Waals surface area (Å²) in [4.78, 5) is 17.1. The lowest BCUT2D eigenvalue weighted by atomic mass is 9.98. The molecule has 30 heavy (non-hydrogen) atoms. The predicted molar refractivity (Wildman–Crippen MR) is 112 cm³/mol. The minimum Gasteiger partial charge on any atom is -0.390 e. The van der Waals surface area contributed by atoms with Crippen molar-refractivity contribution < 1.29 is 18.7 Å². The van der Waals surface area contributed by atoms with Gasteiger partial charge in [-0.15, -0.1) is 0 Å². The molecule has 1 amide bonds. The van der Waals surface area contributed by atoms with Crippen LogP contribution >= 0.6 is 0 Å². The number of nitrogens with one attached hydrogen (secondary N) is 1. The Morgan fingerprint density at radius 3 is 2.43 bits per heavy atom. The van der Waals surface area contributed by atoms with Crippen molar-refractivity contribution in [1.29, 1.82) is 0 Å². The number of halogens is 2. The van der Waals surface area contributed by atoms with Crippen molar-refractivity contribution in [2.45, 2.75) is 46.1 Å². The van der Waals surface area contributed by atoms with Gasteiger partial charge in [-0.05, 0) is 61.6 Å². The Bertz CT molecular complexity index is 1130. The average molecular weight is 413 g/mol. The predicted octanol–water partition coefficient (Wildman–Crippen LogP) is 4.60. The summed E-state index contributed by atoms with van der Waals surface area (Å²) in [5, 5.41) is 13.0. The van der Waals surface area contributed by atoms with Crippen LogP contribution in [0.3, 0.4) is 0 Å². The first kappa shape index (κ1) is 20.5. The molecule has 1 saturated carbocycles. The molecule has 3 aromatic rings. The smallest absolute Gasteiger partial charge is 0.230 e. The third-order valence-electron chi connectivity index (χ3n) is 5.61. The van der Waals surface area contributed by atoms with Crippen molar-refractivity contribution >= 4 is 22.9 Å². The highest BCUT2D eigenvalue weighted by Gasteiger charge is 2.50. The summed E-state index contributed by atoms with van der Waals surface area (Å²) in [5.74, 6) is -1.07. The van der Waals surface area contributed by atoms with Crippen LogP contribution in [0.1, 0.15) is 39.7 Å². The summed E-state index contributed by atoms with van der Waals surface area (Å²) in [6.07, 6.45) is 0.890. The molecule has 0 saturated heterocycles. The van der Waals surface area contributed by atoms with Gasteiger partial charge in [0.2, 0.25) is 11.9 Å². The molecule has 0 bridgehead atoms. The number of aliphatic hydroxyl groups is 1. The van der Waals surface area contributed by atoms with Crippen LogP contribution in [-0.4, -0.2) is 26.2 Å². The van der Waals surface area contributed by atoms with E-state index < -0.39 is 17.2 Å². The van der Waals surface area contributed by atoms with E-state index in [4.69, 9.17) is 0 Å². The maximum Gasteiger partial charge on any atom is 0.230 e. The molecule has 5 nitrogen and oxygen atoms in total. The quantitative estimate of drug-likeness (QED) is 0.642. The van der Waals surface area contributed by atoms with Gasteiger partial charge in [-0.2, -0.15) is 0 Å². The van der Waals surface area contributed by atoms with E-state index in [0.717, 1.165) is 6.42 Å². The van der Waals surface area contributed by atoms with Crippen LogP contribution in [0.4, 0.5) is 14.7 Å². The molecule has 1 aromatic heterocycles. The molecule has 2 N–H and O–H groups in total. The van der Waals surface area contributed by atoms with Crippen LogP contribution in [-0.2, 0) is 11.2 Å². The average Bonchev–Trinajstić information content (AvgIpc) is 3.13. The Balaban J connectivity index is 1.86. The molecular formula is C23H25F2N3O2. The SMILES string of the molecule is CC(C)(O)Cc1ccc2nc(NC(=O)[C@H]3CC3(C)C)n(-c3ccc(F)cc3)c2c1F. The standard InChI is InChI=1S/C23H25F2N3O2/c1-22(2)12-16(22)20(29)27-21-26-17-10-5-13(11-23(3,4)30)18(25)19(17)28(21)15-8-6-14(24)7-9-15/h5-10,16,30H,11-12H2,1-4H3,(H,26,27,29)/t16-/m1/s1. The highest BCUT2D eigenvalue weighted by molar-refractivity contribution is 5.96.